The monoisotopic (exact) mass is 587 g/mol. The first-order valence-corrected chi connectivity index (χ1v) is 14.0. The molecule has 2 aromatic carbocycles. The Bertz CT molecular complexity index is 1400. The number of carbonyl (C=O) groups excluding carboxylic acids is 3. The first-order valence-electron chi connectivity index (χ1n) is 12.4. The number of hydrogen-bond donors (Lipinski definition) is 2. The number of halogens is 2. The van der Waals surface area contributed by atoms with Gasteiger partial charge < -0.3 is 14.8 Å². The van der Waals surface area contributed by atoms with Gasteiger partial charge in [0.2, 0.25) is 0 Å². The molecule has 204 valence electrons. The number of amides is 2. The maximum atomic E-state index is 12.6. The van der Waals surface area contributed by atoms with Crippen molar-refractivity contribution < 1.29 is 23.9 Å². The third-order valence-electron chi connectivity index (χ3n) is 6.13. The predicted molar refractivity (Wildman–Crippen MR) is 153 cm³/mol. The molecule has 4 rings (SSSR count). The fourth-order valence-electron chi connectivity index (χ4n) is 4.10. The van der Waals surface area contributed by atoms with Crippen LogP contribution < -0.4 is 15.5 Å². The van der Waals surface area contributed by atoms with Gasteiger partial charge in [-0.25, -0.2) is 10.2 Å². The van der Waals surface area contributed by atoms with Crippen molar-refractivity contribution in [3.8, 4) is 5.75 Å². The average Bonchev–Trinajstić information content (AvgIpc) is 3.29. The van der Waals surface area contributed by atoms with E-state index in [9.17, 15) is 14.4 Å². The van der Waals surface area contributed by atoms with E-state index in [0.717, 1.165) is 41.7 Å². The Morgan fingerprint density at radius 2 is 1.69 bits per heavy atom. The summed E-state index contributed by atoms with van der Waals surface area (Å²) in [5.41, 5.74) is 5.41. The number of fused-ring (bicyclic) bond motifs is 1. The molecule has 0 fully saturated rings. The zero-order chi connectivity index (χ0) is 27.9. The van der Waals surface area contributed by atoms with Gasteiger partial charge in [-0.1, -0.05) is 29.3 Å². The number of hydrogen-bond acceptors (Lipinski definition) is 7. The maximum absolute atomic E-state index is 12.6. The molecule has 39 heavy (non-hydrogen) atoms. The number of hydrazone groups is 1. The molecule has 0 saturated heterocycles. The minimum absolute atomic E-state index is 0.210. The molecule has 1 aromatic heterocycles. The largest absolute Gasteiger partial charge is 0.489 e. The van der Waals surface area contributed by atoms with E-state index < -0.39 is 17.8 Å². The van der Waals surface area contributed by atoms with Crippen LogP contribution in [0.15, 0.2) is 47.6 Å². The summed E-state index contributed by atoms with van der Waals surface area (Å²) in [5, 5.41) is 8.00. The summed E-state index contributed by atoms with van der Waals surface area (Å²) in [7, 11) is 0. The number of nitrogens with one attached hydrogen (secondary N) is 2. The molecule has 0 bridgehead atoms. The number of thiophene rings is 1. The predicted octanol–water partition coefficient (Wildman–Crippen LogP) is 6.17. The van der Waals surface area contributed by atoms with Crippen LogP contribution in [0, 0.1) is 0 Å². The molecule has 0 spiro atoms. The fourth-order valence-corrected chi connectivity index (χ4v) is 5.88. The number of benzene rings is 2. The summed E-state index contributed by atoms with van der Waals surface area (Å²) < 4.78 is 11.0. The highest BCUT2D eigenvalue weighted by atomic mass is 35.5. The average molecular weight is 589 g/mol. The van der Waals surface area contributed by atoms with Crippen molar-refractivity contribution in [2.45, 2.75) is 46.1 Å². The Labute approximate surface area is 240 Å². The summed E-state index contributed by atoms with van der Waals surface area (Å²) in [4.78, 5) is 38.7. The number of rotatable bonds is 8. The highest BCUT2D eigenvalue weighted by molar-refractivity contribution is 7.17. The summed E-state index contributed by atoms with van der Waals surface area (Å²) in [6, 6.07) is 12.3. The fraction of sp³-hybridized carbons (Fsp3) is 0.286. The van der Waals surface area contributed by atoms with E-state index in [2.05, 4.69) is 15.8 Å². The third kappa shape index (κ3) is 6.98. The Morgan fingerprint density at radius 3 is 2.38 bits per heavy atom. The molecular formula is C28H27Cl2N3O5S. The Morgan fingerprint density at radius 1 is 1.00 bits per heavy atom. The van der Waals surface area contributed by atoms with Crippen LogP contribution in [0.3, 0.4) is 0 Å². The molecule has 3 aromatic rings. The molecule has 0 unspecified atom stereocenters. The lowest BCUT2D eigenvalue weighted by Gasteiger charge is -2.12. The van der Waals surface area contributed by atoms with Crippen molar-refractivity contribution in [1.29, 1.82) is 0 Å². The normalized spacial score (nSPS) is 12.9. The number of ether oxygens (including phenoxy) is 2. The van der Waals surface area contributed by atoms with Crippen LogP contribution in [0.1, 0.15) is 58.6 Å². The van der Waals surface area contributed by atoms with Crippen molar-refractivity contribution in [2.75, 3.05) is 11.9 Å². The molecule has 8 nitrogen and oxygen atoms in total. The van der Waals surface area contributed by atoms with Gasteiger partial charge in [0.05, 0.1) is 17.9 Å². The van der Waals surface area contributed by atoms with Crippen molar-refractivity contribution in [3.05, 3.63) is 79.6 Å². The van der Waals surface area contributed by atoms with E-state index in [0.29, 0.717) is 37.6 Å². The second kappa shape index (κ2) is 13.1. The van der Waals surface area contributed by atoms with Crippen LogP contribution in [-0.4, -0.2) is 30.1 Å². The molecule has 11 heteroatoms. The Kier molecular flexibility index (Phi) is 9.61. The van der Waals surface area contributed by atoms with Gasteiger partial charge in [0.15, 0.2) is 0 Å². The van der Waals surface area contributed by atoms with Gasteiger partial charge in [-0.15, -0.1) is 11.3 Å². The zero-order valence-electron chi connectivity index (χ0n) is 21.4. The van der Waals surface area contributed by atoms with E-state index in [1.807, 2.05) is 0 Å². The SMILES string of the molecule is CCOC(=O)c1c(NC(=O)C(=O)NN=C(C)c2ccc(OCc3c(Cl)cccc3Cl)cc2)sc2c1CCCC2. The molecule has 0 saturated carbocycles. The lowest BCUT2D eigenvalue weighted by Crippen LogP contribution is -2.33. The molecule has 2 N–H and O–H groups in total. The third-order valence-corrected chi connectivity index (χ3v) is 8.04. The van der Waals surface area contributed by atoms with E-state index in [1.165, 1.54) is 11.3 Å². The van der Waals surface area contributed by atoms with Crippen molar-refractivity contribution in [1.82, 2.24) is 5.43 Å². The lowest BCUT2D eigenvalue weighted by molar-refractivity contribution is -0.136. The molecule has 0 radical (unpaired) electrons. The molecule has 1 aliphatic carbocycles. The number of aryl methyl sites for hydroxylation is 1. The first-order chi connectivity index (χ1) is 18.8. The molecular weight excluding hydrogens is 561 g/mol. The molecule has 1 heterocycles. The quantitative estimate of drug-likeness (QED) is 0.142. The smallest absolute Gasteiger partial charge is 0.341 e. The highest BCUT2D eigenvalue weighted by Crippen LogP contribution is 2.38. The van der Waals surface area contributed by atoms with Gasteiger partial charge >= 0.3 is 17.8 Å². The maximum Gasteiger partial charge on any atom is 0.341 e. The lowest BCUT2D eigenvalue weighted by atomic mass is 9.95. The van der Waals surface area contributed by atoms with Crippen molar-refractivity contribution >= 4 is 63.0 Å². The zero-order valence-corrected chi connectivity index (χ0v) is 23.8. The Hall–Kier alpha value is -3.40. The molecule has 0 aliphatic heterocycles. The van der Waals surface area contributed by atoms with E-state index in [4.69, 9.17) is 32.7 Å². The number of anilines is 1. The van der Waals surface area contributed by atoms with Gasteiger partial charge in [0.1, 0.15) is 17.4 Å². The summed E-state index contributed by atoms with van der Waals surface area (Å²) in [5.74, 6) is -1.77. The second-order valence-electron chi connectivity index (χ2n) is 8.74. The summed E-state index contributed by atoms with van der Waals surface area (Å²) in [6.45, 7) is 3.85. The standard InChI is InChI=1S/C28H27Cl2N3O5S/c1-3-37-28(36)24-19-7-4-5-10-23(19)39-27(24)31-25(34)26(35)33-32-16(2)17-11-13-18(14-12-17)38-15-20-21(29)8-6-9-22(20)30/h6,8-9,11-14H,3-5,7,10,15H2,1-2H3,(H,31,34)(H,33,35). The van der Waals surface area contributed by atoms with Crippen LogP contribution >= 0.6 is 34.5 Å². The van der Waals surface area contributed by atoms with Gasteiger partial charge in [-0.3, -0.25) is 9.59 Å². The van der Waals surface area contributed by atoms with Crippen LogP contribution in [0.2, 0.25) is 10.0 Å². The summed E-state index contributed by atoms with van der Waals surface area (Å²) in [6.07, 6.45) is 3.54. The molecule has 1 aliphatic rings. The Balaban J connectivity index is 1.37. The van der Waals surface area contributed by atoms with Gasteiger partial charge in [-0.2, -0.15) is 5.10 Å². The number of carbonyl (C=O) groups is 3. The minimum atomic E-state index is -0.952. The number of nitrogens with zero attached hydrogens (tertiary/aromatic N) is 1. The van der Waals surface area contributed by atoms with Crippen LogP contribution in [0.25, 0.3) is 0 Å². The van der Waals surface area contributed by atoms with E-state index in [-0.39, 0.29) is 13.2 Å². The minimum Gasteiger partial charge on any atom is -0.489 e. The van der Waals surface area contributed by atoms with Crippen LogP contribution in [0.4, 0.5) is 5.00 Å². The van der Waals surface area contributed by atoms with E-state index >= 15 is 0 Å². The van der Waals surface area contributed by atoms with Crippen molar-refractivity contribution in [2.24, 2.45) is 5.10 Å². The highest BCUT2D eigenvalue weighted by Gasteiger charge is 2.28. The summed E-state index contributed by atoms with van der Waals surface area (Å²) >= 11 is 13.7. The van der Waals surface area contributed by atoms with Crippen LogP contribution in [-0.2, 0) is 33.8 Å². The van der Waals surface area contributed by atoms with E-state index in [1.54, 1.807) is 56.3 Å². The second-order valence-corrected chi connectivity index (χ2v) is 10.7. The molecule has 0 atom stereocenters. The van der Waals surface area contributed by atoms with Crippen LogP contribution in [0.5, 0.6) is 5.75 Å². The van der Waals surface area contributed by atoms with Gasteiger partial charge in [-0.05, 0) is 87.1 Å². The first kappa shape index (κ1) is 28.6. The van der Waals surface area contributed by atoms with Gasteiger partial charge in [0, 0.05) is 20.5 Å². The van der Waals surface area contributed by atoms with Gasteiger partial charge in [0.25, 0.3) is 0 Å². The topological polar surface area (TPSA) is 106 Å². The molecule has 2 amide bonds. The van der Waals surface area contributed by atoms with Crippen molar-refractivity contribution in [3.63, 3.8) is 0 Å². The number of esters is 1.